The molecule has 4 nitrogen and oxygen atoms in total. The van der Waals surface area contributed by atoms with Crippen LogP contribution in [0.3, 0.4) is 0 Å². The van der Waals surface area contributed by atoms with Crippen LogP contribution in [0, 0.1) is 0 Å². The maximum Gasteiger partial charge on any atom is 0.265 e. The largest absolute Gasteiger partial charge is 0.368 e. The number of hydrogen-bond acceptors (Lipinski definition) is 3. The quantitative estimate of drug-likeness (QED) is 0.923. The second-order valence-electron chi connectivity index (χ2n) is 5.02. The van der Waals surface area contributed by atoms with Crippen LogP contribution in [0.2, 0.25) is 0 Å². The summed E-state index contributed by atoms with van der Waals surface area (Å²) in [5, 5.41) is 1.89. The zero-order valence-electron chi connectivity index (χ0n) is 12.1. The molecular weight excluding hydrogens is 284 g/mol. The number of thiophene rings is 1. The summed E-state index contributed by atoms with van der Waals surface area (Å²) in [6.45, 7) is 3.68. The lowest BCUT2D eigenvalue weighted by molar-refractivity contribution is -0.119. The first kappa shape index (κ1) is 15.3. The van der Waals surface area contributed by atoms with Crippen LogP contribution in [0.4, 0.5) is 0 Å². The predicted octanol–water partition coefficient (Wildman–Crippen LogP) is 2.75. The molecule has 2 rings (SSSR count). The Morgan fingerprint density at radius 2 is 1.86 bits per heavy atom. The van der Waals surface area contributed by atoms with Gasteiger partial charge >= 0.3 is 0 Å². The molecule has 5 heteroatoms. The molecule has 0 aliphatic heterocycles. The van der Waals surface area contributed by atoms with Crippen molar-refractivity contribution < 1.29 is 9.59 Å². The Bertz CT molecular complexity index is 635. The smallest absolute Gasteiger partial charge is 0.265 e. The SMILES string of the molecule is CC(C)N(CC(N)=O)C(=O)c1sccc1-c1ccccc1. The first-order chi connectivity index (χ1) is 10.0. The second-order valence-corrected chi connectivity index (χ2v) is 5.94. The van der Waals surface area contributed by atoms with E-state index in [1.807, 2.05) is 55.6 Å². The maximum atomic E-state index is 12.7. The molecule has 0 fully saturated rings. The van der Waals surface area contributed by atoms with Crippen LogP contribution < -0.4 is 5.73 Å². The van der Waals surface area contributed by atoms with Crippen molar-refractivity contribution in [1.29, 1.82) is 0 Å². The number of benzene rings is 1. The van der Waals surface area contributed by atoms with E-state index in [-0.39, 0.29) is 18.5 Å². The lowest BCUT2D eigenvalue weighted by Gasteiger charge is -2.25. The lowest BCUT2D eigenvalue weighted by Crippen LogP contribution is -2.42. The zero-order chi connectivity index (χ0) is 15.4. The molecule has 0 bridgehead atoms. The van der Waals surface area contributed by atoms with Crippen molar-refractivity contribution in [2.75, 3.05) is 6.54 Å². The van der Waals surface area contributed by atoms with E-state index < -0.39 is 5.91 Å². The van der Waals surface area contributed by atoms with Crippen LogP contribution in [0.5, 0.6) is 0 Å². The normalized spacial score (nSPS) is 10.6. The number of carbonyl (C=O) groups excluding carboxylic acids is 2. The Hall–Kier alpha value is -2.14. The molecule has 2 aromatic rings. The maximum absolute atomic E-state index is 12.7. The number of nitrogens with two attached hydrogens (primary N) is 1. The van der Waals surface area contributed by atoms with Gasteiger partial charge in [0.25, 0.3) is 5.91 Å². The van der Waals surface area contributed by atoms with Crippen molar-refractivity contribution in [3.8, 4) is 11.1 Å². The van der Waals surface area contributed by atoms with Gasteiger partial charge in [0.2, 0.25) is 5.91 Å². The van der Waals surface area contributed by atoms with E-state index in [0.717, 1.165) is 11.1 Å². The minimum Gasteiger partial charge on any atom is -0.368 e. The Morgan fingerprint density at radius 3 is 2.43 bits per heavy atom. The van der Waals surface area contributed by atoms with Crippen LogP contribution in [0.15, 0.2) is 41.8 Å². The molecule has 2 amide bonds. The molecule has 110 valence electrons. The van der Waals surface area contributed by atoms with Gasteiger partial charge in [-0.2, -0.15) is 0 Å². The van der Waals surface area contributed by atoms with Gasteiger partial charge in [0.05, 0.1) is 11.4 Å². The second kappa shape index (κ2) is 6.54. The molecule has 1 aromatic carbocycles. The summed E-state index contributed by atoms with van der Waals surface area (Å²) in [4.78, 5) is 26.0. The summed E-state index contributed by atoms with van der Waals surface area (Å²) in [6.07, 6.45) is 0. The average Bonchev–Trinajstić information content (AvgIpc) is 2.94. The van der Waals surface area contributed by atoms with Crippen LogP contribution in [-0.2, 0) is 4.79 Å². The fraction of sp³-hybridized carbons (Fsp3) is 0.250. The molecule has 1 heterocycles. The molecule has 0 radical (unpaired) electrons. The zero-order valence-corrected chi connectivity index (χ0v) is 12.9. The first-order valence-electron chi connectivity index (χ1n) is 6.73. The van der Waals surface area contributed by atoms with Gasteiger partial charge in [0, 0.05) is 11.6 Å². The summed E-state index contributed by atoms with van der Waals surface area (Å²) in [7, 11) is 0. The van der Waals surface area contributed by atoms with E-state index in [1.54, 1.807) is 0 Å². The van der Waals surface area contributed by atoms with Crippen molar-refractivity contribution in [2.45, 2.75) is 19.9 Å². The third kappa shape index (κ3) is 3.49. The van der Waals surface area contributed by atoms with Gasteiger partial charge in [-0.1, -0.05) is 30.3 Å². The Morgan fingerprint density at radius 1 is 1.19 bits per heavy atom. The molecule has 2 N–H and O–H groups in total. The molecule has 0 atom stereocenters. The number of hydrogen-bond donors (Lipinski definition) is 1. The third-order valence-electron chi connectivity index (χ3n) is 3.15. The highest BCUT2D eigenvalue weighted by Gasteiger charge is 2.24. The Balaban J connectivity index is 2.36. The minimum atomic E-state index is -0.505. The standard InChI is InChI=1S/C16H18N2O2S/c1-11(2)18(10-14(17)19)16(20)15-13(8-9-21-15)12-6-4-3-5-7-12/h3-9,11H,10H2,1-2H3,(H2,17,19). The molecule has 0 saturated carbocycles. The van der Waals surface area contributed by atoms with Gasteiger partial charge in [-0.05, 0) is 30.9 Å². The molecule has 0 saturated heterocycles. The van der Waals surface area contributed by atoms with Crippen LogP contribution >= 0.6 is 11.3 Å². The van der Waals surface area contributed by atoms with E-state index in [9.17, 15) is 9.59 Å². The number of rotatable bonds is 5. The van der Waals surface area contributed by atoms with Crippen molar-refractivity contribution in [2.24, 2.45) is 5.73 Å². The number of carbonyl (C=O) groups is 2. The van der Waals surface area contributed by atoms with E-state index >= 15 is 0 Å². The first-order valence-corrected chi connectivity index (χ1v) is 7.61. The molecule has 0 aliphatic carbocycles. The highest BCUT2D eigenvalue weighted by atomic mass is 32.1. The average molecular weight is 302 g/mol. The van der Waals surface area contributed by atoms with E-state index in [4.69, 9.17) is 5.73 Å². The van der Waals surface area contributed by atoms with E-state index in [1.165, 1.54) is 16.2 Å². The molecule has 0 aliphatic rings. The molecule has 0 spiro atoms. The highest BCUT2D eigenvalue weighted by Crippen LogP contribution is 2.29. The van der Waals surface area contributed by atoms with Crippen molar-refractivity contribution in [1.82, 2.24) is 4.90 Å². The van der Waals surface area contributed by atoms with Crippen molar-refractivity contribution in [3.63, 3.8) is 0 Å². The number of nitrogens with zero attached hydrogens (tertiary/aromatic N) is 1. The van der Waals surface area contributed by atoms with E-state index in [0.29, 0.717) is 4.88 Å². The summed E-state index contributed by atoms with van der Waals surface area (Å²) in [5.41, 5.74) is 7.12. The number of amides is 2. The van der Waals surface area contributed by atoms with Gasteiger partial charge in [0.1, 0.15) is 0 Å². The summed E-state index contributed by atoms with van der Waals surface area (Å²) in [6, 6.07) is 11.6. The van der Waals surface area contributed by atoms with Crippen LogP contribution in [-0.4, -0.2) is 29.3 Å². The Kier molecular flexibility index (Phi) is 4.75. The number of primary amides is 1. The molecular formula is C16H18N2O2S. The van der Waals surface area contributed by atoms with Gasteiger partial charge in [0.15, 0.2) is 0 Å². The van der Waals surface area contributed by atoms with Gasteiger partial charge in [-0.15, -0.1) is 11.3 Å². The topological polar surface area (TPSA) is 63.4 Å². The van der Waals surface area contributed by atoms with Crippen LogP contribution in [0.1, 0.15) is 23.5 Å². The Labute approximate surface area is 128 Å². The molecule has 21 heavy (non-hydrogen) atoms. The summed E-state index contributed by atoms with van der Waals surface area (Å²) >= 11 is 1.38. The van der Waals surface area contributed by atoms with E-state index in [2.05, 4.69) is 0 Å². The van der Waals surface area contributed by atoms with Crippen LogP contribution in [0.25, 0.3) is 11.1 Å². The summed E-state index contributed by atoms with van der Waals surface area (Å²) < 4.78 is 0. The monoisotopic (exact) mass is 302 g/mol. The van der Waals surface area contributed by atoms with Gasteiger partial charge in [-0.25, -0.2) is 0 Å². The fourth-order valence-electron chi connectivity index (χ4n) is 2.11. The minimum absolute atomic E-state index is 0.0668. The molecule has 0 unspecified atom stereocenters. The van der Waals surface area contributed by atoms with Crippen molar-refractivity contribution in [3.05, 3.63) is 46.7 Å². The lowest BCUT2D eigenvalue weighted by atomic mass is 10.1. The van der Waals surface area contributed by atoms with Crippen molar-refractivity contribution >= 4 is 23.2 Å². The molecule has 1 aromatic heterocycles. The predicted molar refractivity (Wildman–Crippen MR) is 85.1 cm³/mol. The fourth-order valence-corrected chi connectivity index (χ4v) is 2.98. The highest BCUT2D eigenvalue weighted by molar-refractivity contribution is 7.12. The van der Waals surface area contributed by atoms with Gasteiger partial charge < -0.3 is 10.6 Å². The summed E-state index contributed by atoms with van der Waals surface area (Å²) in [5.74, 6) is -0.660. The third-order valence-corrected chi connectivity index (χ3v) is 4.06. The van der Waals surface area contributed by atoms with Gasteiger partial charge in [-0.3, -0.25) is 9.59 Å².